The maximum Gasteiger partial charge on any atom is 0.442 e. The number of thioether (sulfide) groups is 1. The number of nitrogens with one attached hydrogen (secondary N) is 1. The van der Waals surface area contributed by atoms with Crippen LogP contribution in [0.25, 0.3) is 0 Å². The molecule has 0 aliphatic heterocycles. The first kappa shape index (κ1) is 17.9. The number of rotatable bonds is 4. The summed E-state index contributed by atoms with van der Waals surface area (Å²) in [7, 11) is 0. The number of amides is 1. The zero-order valence-electron chi connectivity index (χ0n) is 9.83. The summed E-state index contributed by atoms with van der Waals surface area (Å²) >= 11 is -0.304. The molecular weight excluding hydrogens is 289 g/mol. The van der Waals surface area contributed by atoms with Gasteiger partial charge in [-0.2, -0.15) is 13.2 Å². The van der Waals surface area contributed by atoms with Crippen molar-refractivity contribution in [1.29, 1.82) is 0 Å². The van der Waals surface area contributed by atoms with E-state index in [2.05, 4.69) is 5.32 Å². The Labute approximate surface area is 115 Å². The molecule has 0 radical (unpaired) electrons. The molecule has 0 aromatic heterocycles. The molecule has 1 amide bonds. The van der Waals surface area contributed by atoms with E-state index in [4.69, 9.17) is 5.73 Å². The smallest absolute Gasteiger partial charge is 0.352 e. The number of nitrogens with two attached hydrogens (primary N) is 1. The predicted molar refractivity (Wildman–Crippen MR) is 68.7 cm³/mol. The van der Waals surface area contributed by atoms with Gasteiger partial charge in [-0.1, -0.05) is 12.8 Å². The number of halogens is 4. The van der Waals surface area contributed by atoms with Crippen molar-refractivity contribution in [3.05, 3.63) is 0 Å². The first-order valence-corrected chi connectivity index (χ1v) is 6.61. The fourth-order valence-corrected chi connectivity index (χ4v) is 2.45. The third kappa shape index (κ3) is 6.70. The summed E-state index contributed by atoms with van der Waals surface area (Å²) in [6, 6.07) is -0.0601. The minimum atomic E-state index is -4.35. The standard InChI is InChI=1S/C10H17F3N2OS.ClH/c11-10(12,13)17-6-9(16)15-8-4-2-1-3-7(8)5-14;/h7-8H,1-6,14H2,(H,15,16);1H. The van der Waals surface area contributed by atoms with Crippen LogP contribution >= 0.6 is 24.2 Å². The van der Waals surface area contributed by atoms with Crippen LogP contribution in [0.3, 0.4) is 0 Å². The molecule has 0 saturated heterocycles. The van der Waals surface area contributed by atoms with Crippen LogP contribution < -0.4 is 11.1 Å². The molecule has 0 aromatic carbocycles. The lowest BCUT2D eigenvalue weighted by Gasteiger charge is -2.31. The molecule has 0 aromatic rings. The van der Waals surface area contributed by atoms with Crippen molar-refractivity contribution in [2.24, 2.45) is 11.7 Å². The Kier molecular flexibility index (Phi) is 8.05. The first-order valence-electron chi connectivity index (χ1n) is 5.62. The molecule has 3 nitrogen and oxygen atoms in total. The minimum absolute atomic E-state index is 0. The molecule has 1 fully saturated rings. The molecule has 0 spiro atoms. The van der Waals surface area contributed by atoms with Gasteiger partial charge in [-0.05, 0) is 37.1 Å². The van der Waals surface area contributed by atoms with Crippen molar-refractivity contribution in [1.82, 2.24) is 5.32 Å². The first-order chi connectivity index (χ1) is 7.92. The van der Waals surface area contributed by atoms with Crippen LogP contribution in [-0.2, 0) is 4.79 Å². The maximum absolute atomic E-state index is 11.9. The summed E-state index contributed by atoms with van der Waals surface area (Å²) < 4.78 is 35.7. The fourth-order valence-electron chi connectivity index (χ4n) is 2.08. The van der Waals surface area contributed by atoms with Gasteiger partial charge in [0.15, 0.2) is 0 Å². The SMILES string of the molecule is Cl.NCC1CCCCC1NC(=O)CSC(F)(F)F. The van der Waals surface area contributed by atoms with Crippen molar-refractivity contribution in [3.8, 4) is 0 Å². The predicted octanol–water partition coefficient (Wildman–Crippen LogP) is 2.29. The van der Waals surface area contributed by atoms with E-state index in [1.54, 1.807) is 0 Å². The van der Waals surface area contributed by atoms with E-state index in [1.165, 1.54) is 0 Å². The van der Waals surface area contributed by atoms with E-state index >= 15 is 0 Å². The minimum Gasteiger partial charge on any atom is -0.352 e. The van der Waals surface area contributed by atoms with Gasteiger partial charge >= 0.3 is 5.51 Å². The molecule has 0 bridgehead atoms. The number of alkyl halides is 3. The molecule has 108 valence electrons. The van der Waals surface area contributed by atoms with Gasteiger partial charge in [0.1, 0.15) is 0 Å². The van der Waals surface area contributed by atoms with E-state index in [0.717, 1.165) is 25.7 Å². The lowest BCUT2D eigenvalue weighted by molar-refractivity contribution is -0.120. The molecule has 1 aliphatic rings. The number of carbonyl (C=O) groups excluding carboxylic acids is 1. The van der Waals surface area contributed by atoms with Crippen molar-refractivity contribution >= 4 is 30.1 Å². The monoisotopic (exact) mass is 306 g/mol. The molecule has 2 unspecified atom stereocenters. The summed E-state index contributed by atoms with van der Waals surface area (Å²) in [6.45, 7) is 0.470. The van der Waals surface area contributed by atoms with Gasteiger partial charge in [0.2, 0.25) is 5.91 Å². The average Bonchev–Trinajstić information content (AvgIpc) is 2.26. The maximum atomic E-state index is 11.9. The van der Waals surface area contributed by atoms with E-state index in [9.17, 15) is 18.0 Å². The van der Waals surface area contributed by atoms with Gasteiger partial charge in [0, 0.05) is 6.04 Å². The van der Waals surface area contributed by atoms with Crippen molar-refractivity contribution in [3.63, 3.8) is 0 Å². The highest BCUT2D eigenvalue weighted by Gasteiger charge is 2.30. The van der Waals surface area contributed by atoms with Crippen molar-refractivity contribution < 1.29 is 18.0 Å². The normalized spacial score (nSPS) is 24.2. The Morgan fingerprint density at radius 1 is 1.33 bits per heavy atom. The second kappa shape index (κ2) is 8.12. The van der Waals surface area contributed by atoms with E-state index < -0.39 is 17.2 Å². The molecule has 18 heavy (non-hydrogen) atoms. The topological polar surface area (TPSA) is 55.1 Å². The Bertz CT molecular complexity index is 266. The Hall–Kier alpha value is -0.140. The Balaban J connectivity index is 0.00000289. The zero-order chi connectivity index (χ0) is 12.9. The number of carbonyl (C=O) groups is 1. The number of hydrogen-bond donors (Lipinski definition) is 2. The largest absolute Gasteiger partial charge is 0.442 e. The van der Waals surface area contributed by atoms with Crippen LogP contribution in [0.15, 0.2) is 0 Å². The highest BCUT2D eigenvalue weighted by atomic mass is 35.5. The lowest BCUT2D eigenvalue weighted by atomic mass is 9.84. The summed E-state index contributed by atoms with van der Waals surface area (Å²) in [5, 5.41) is 2.65. The van der Waals surface area contributed by atoms with E-state index in [0.29, 0.717) is 6.54 Å². The quantitative estimate of drug-likeness (QED) is 0.838. The summed E-state index contributed by atoms with van der Waals surface area (Å²) in [5.41, 5.74) is 1.23. The van der Waals surface area contributed by atoms with Crippen LogP contribution in [0.4, 0.5) is 13.2 Å². The number of hydrogen-bond acceptors (Lipinski definition) is 3. The molecule has 2 atom stereocenters. The van der Waals surface area contributed by atoms with Crippen LogP contribution in [0.1, 0.15) is 25.7 Å². The van der Waals surface area contributed by atoms with Gasteiger partial charge in [-0.3, -0.25) is 4.79 Å². The second-order valence-corrected chi connectivity index (χ2v) is 5.23. The van der Waals surface area contributed by atoms with Crippen LogP contribution in [0.5, 0.6) is 0 Å². The third-order valence-corrected chi connectivity index (χ3v) is 3.66. The zero-order valence-corrected chi connectivity index (χ0v) is 11.5. The second-order valence-electron chi connectivity index (χ2n) is 4.19. The molecule has 8 heteroatoms. The molecule has 1 aliphatic carbocycles. The van der Waals surface area contributed by atoms with Gasteiger partial charge in [-0.15, -0.1) is 12.4 Å². The molecule has 1 rings (SSSR count). The van der Waals surface area contributed by atoms with Gasteiger partial charge in [-0.25, -0.2) is 0 Å². The van der Waals surface area contributed by atoms with E-state index in [-0.39, 0.29) is 36.1 Å². The average molecular weight is 307 g/mol. The summed E-state index contributed by atoms with van der Waals surface area (Å²) in [5.74, 6) is -0.932. The van der Waals surface area contributed by atoms with Crippen LogP contribution in [0.2, 0.25) is 0 Å². The molecular formula is C10H18ClF3N2OS. The van der Waals surface area contributed by atoms with Crippen LogP contribution in [0, 0.1) is 5.92 Å². The highest BCUT2D eigenvalue weighted by molar-refractivity contribution is 8.00. The fraction of sp³-hybridized carbons (Fsp3) is 0.900. The van der Waals surface area contributed by atoms with Crippen molar-refractivity contribution in [2.75, 3.05) is 12.3 Å². The lowest BCUT2D eigenvalue weighted by Crippen LogP contribution is -2.45. The summed E-state index contributed by atoms with van der Waals surface area (Å²) in [4.78, 5) is 11.3. The summed E-state index contributed by atoms with van der Waals surface area (Å²) in [6.07, 6.45) is 3.82. The van der Waals surface area contributed by atoms with Gasteiger partial charge in [0.25, 0.3) is 0 Å². The molecule has 3 N–H and O–H groups in total. The van der Waals surface area contributed by atoms with Gasteiger partial charge in [0.05, 0.1) is 5.75 Å². The highest BCUT2D eigenvalue weighted by Crippen LogP contribution is 2.30. The van der Waals surface area contributed by atoms with Gasteiger partial charge < -0.3 is 11.1 Å². The Morgan fingerprint density at radius 2 is 1.94 bits per heavy atom. The van der Waals surface area contributed by atoms with Crippen molar-refractivity contribution in [2.45, 2.75) is 37.2 Å². The molecule has 0 heterocycles. The third-order valence-electron chi connectivity index (χ3n) is 2.93. The van der Waals surface area contributed by atoms with E-state index in [1.807, 2.05) is 0 Å². The van der Waals surface area contributed by atoms with Crippen LogP contribution in [-0.4, -0.2) is 29.8 Å². The Morgan fingerprint density at radius 3 is 2.50 bits per heavy atom. The molecule has 1 saturated carbocycles.